The Morgan fingerprint density at radius 2 is 2.11 bits per heavy atom. The van der Waals surface area contributed by atoms with Crippen molar-refractivity contribution in [1.29, 1.82) is 0 Å². The van der Waals surface area contributed by atoms with E-state index in [1.54, 1.807) is 6.33 Å². The smallest absolute Gasteiger partial charge is 0.138 e. The first kappa shape index (κ1) is 13.5. The number of likely N-dealkylation sites (N-methyl/N-ethyl adjacent to an activating group) is 1. The van der Waals surface area contributed by atoms with Gasteiger partial charge in [-0.05, 0) is 26.1 Å². The molecule has 0 saturated heterocycles. The predicted molar refractivity (Wildman–Crippen MR) is 74.2 cm³/mol. The van der Waals surface area contributed by atoms with E-state index in [0.29, 0.717) is 6.61 Å². The Balaban J connectivity index is 1.90. The molecular formula is C14H20N4O. The van der Waals surface area contributed by atoms with Crippen molar-refractivity contribution < 1.29 is 4.74 Å². The van der Waals surface area contributed by atoms with Crippen LogP contribution in [0.1, 0.15) is 12.7 Å². The van der Waals surface area contributed by atoms with Crippen LogP contribution in [0, 0.1) is 0 Å². The number of aryl methyl sites for hydroxylation is 1. The third-order valence-corrected chi connectivity index (χ3v) is 3.03. The van der Waals surface area contributed by atoms with Gasteiger partial charge in [-0.25, -0.2) is 4.98 Å². The second-order valence-electron chi connectivity index (χ2n) is 4.31. The maximum atomic E-state index is 5.76. The Kier molecular flexibility index (Phi) is 4.92. The van der Waals surface area contributed by atoms with Gasteiger partial charge in [-0.15, -0.1) is 0 Å². The number of nitrogens with zero attached hydrogens (tertiary/aromatic N) is 3. The molecule has 1 heterocycles. The van der Waals surface area contributed by atoms with E-state index in [9.17, 15) is 0 Å². The summed E-state index contributed by atoms with van der Waals surface area (Å²) in [6, 6.07) is 10.1. The standard InChI is InChI=1S/C14H20N4O/c1-3-18-14(16-11-17-18)9-12(15-2)10-19-13-7-5-4-6-8-13/h4-8,11-12,15H,3,9-10H2,1-2H3. The summed E-state index contributed by atoms with van der Waals surface area (Å²) in [4.78, 5) is 4.29. The van der Waals surface area contributed by atoms with Crippen molar-refractivity contribution in [2.75, 3.05) is 13.7 Å². The van der Waals surface area contributed by atoms with Crippen LogP contribution in [0.5, 0.6) is 5.75 Å². The summed E-state index contributed by atoms with van der Waals surface area (Å²) in [5.41, 5.74) is 0. The van der Waals surface area contributed by atoms with Crippen molar-refractivity contribution in [2.45, 2.75) is 25.9 Å². The van der Waals surface area contributed by atoms with Gasteiger partial charge in [0.15, 0.2) is 0 Å². The second kappa shape index (κ2) is 6.89. The topological polar surface area (TPSA) is 52.0 Å². The molecule has 0 bridgehead atoms. The number of benzene rings is 1. The van der Waals surface area contributed by atoms with Crippen LogP contribution in [0.4, 0.5) is 0 Å². The minimum absolute atomic E-state index is 0.217. The van der Waals surface area contributed by atoms with Gasteiger partial charge in [-0.3, -0.25) is 4.68 Å². The lowest BCUT2D eigenvalue weighted by atomic mass is 10.2. The van der Waals surface area contributed by atoms with Crippen LogP contribution in [-0.4, -0.2) is 34.5 Å². The van der Waals surface area contributed by atoms with Gasteiger partial charge in [0.25, 0.3) is 0 Å². The summed E-state index contributed by atoms with van der Waals surface area (Å²) in [6.07, 6.45) is 2.40. The van der Waals surface area contributed by atoms with Crippen LogP contribution in [0.2, 0.25) is 0 Å². The largest absolute Gasteiger partial charge is 0.492 e. The molecule has 0 fully saturated rings. The summed E-state index contributed by atoms with van der Waals surface area (Å²) in [6.45, 7) is 3.51. The number of hydrogen-bond donors (Lipinski definition) is 1. The van der Waals surface area contributed by atoms with Crippen molar-refractivity contribution in [3.8, 4) is 5.75 Å². The fourth-order valence-corrected chi connectivity index (χ4v) is 1.89. The zero-order valence-corrected chi connectivity index (χ0v) is 11.4. The minimum Gasteiger partial charge on any atom is -0.492 e. The van der Waals surface area contributed by atoms with Gasteiger partial charge in [-0.2, -0.15) is 5.10 Å². The highest BCUT2D eigenvalue weighted by Crippen LogP contribution is 2.09. The molecule has 2 rings (SSSR count). The van der Waals surface area contributed by atoms with Gasteiger partial charge in [0.2, 0.25) is 0 Å². The molecule has 0 aliphatic rings. The van der Waals surface area contributed by atoms with E-state index in [-0.39, 0.29) is 6.04 Å². The Morgan fingerprint density at radius 1 is 1.32 bits per heavy atom. The number of aromatic nitrogens is 3. The molecule has 1 unspecified atom stereocenters. The molecule has 0 radical (unpaired) electrons. The summed E-state index contributed by atoms with van der Waals surface area (Å²) in [5.74, 6) is 1.87. The molecule has 102 valence electrons. The molecule has 2 aromatic rings. The van der Waals surface area contributed by atoms with Crippen LogP contribution in [0.15, 0.2) is 36.7 Å². The van der Waals surface area contributed by atoms with Crippen LogP contribution in [0.25, 0.3) is 0 Å². The molecule has 0 spiro atoms. The molecule has 1 aromatic carbocycles. The van der Waals surface area contributed by atoms with Gasteiger partial charge < -0.3 is 10.1 Å². The van der Waals surface area contributed by atoms with Gasteiger partial charge in [-0.1, -0.05) is 18.2 Å². The molecule has 1 aromatic heterocycles. The zero-order chi connectivity index (χ0) is 13.5. The summed E-state index contributed by atoms with van der Waals surface area (Å²) in [5, 5.41) is 7.43. The number of ether oxygens (including phenoxy) is 1. The molecule has 0 amide bonds. The highest BCUT2D eigenvalue weighted by atomic mass is 16.5. The maximum Gasteiger partial charge on any atom is 0.138 e. The SMILES string of the molecule is CCn1ncnc1CC(COc1ccccc1)NC. The van der Waals surface area contributed by atoms with Crippen LogP contribution in [0.3, 0.4) is 0 Å². The molecule has 1 N–H and O–H groups in total. The first-order valence-corrected chi connectivity index (χ1v) is 6.55. The average Bonchev–Trinajstić information content (AvgIpc) is 2.91. The summed E-state index contributed by atoms with van der Waals surface area (Å²) >= 11 is 0. The zero-order valence-electron chi connectivity index (χ0n) is 11.4. The van der Waals surface area contributed by atoms with E-state index in [1.807, 2.05) is 42.1 Å². The van der Waals surface area contributed by atoms with Crippen LogP contribution < -0.4 is 10.1 Å². The van der Waals surface area contributed by atoms with E-state index in [1.165, 1.54) is 0 Å². The molecule has 5 heteroatoms. The van der Waals surface area contributed by atoms with Gasteiger partial charge in [0, 0.05) is 19.0 Å². The van der Waals surface area contributed by atoms with E-state index >= 15 is 0 Å². The van der Waals surface area contributed by atoms with Crippen LogP contribution >= 0.6 is 0 Å². The van der Waals surface area contributed by atoms with E-state index in [0.717, 1.165) is 24.5 Å². The molecule has 19 heavy (non-hydrogen) atoms. The quantitative estimate of drug-likeness (QED) is 0.820. The first-order chi connectivity index (χ1) is 9.33. The van der Waals surface area contributed by atoms with Crippen LogP contribution in [-0.2, 0) is 13.0 Å². The monoisotopic (exact) mass is 260 g/mol. The third-order valence-electron chi connectivity index (χ3n) is 3.03. The Bertz CT molecular complexity index is 483. The highest BCUT2D eigenvalue weighted by molar-refractivity contribution is 5.20. The molecule has 0 aliphatic carbocycles. The Labute approximate surface area is 113 Å². The normalized spacial score (nSPS) is 12.3. The Morgan fingerprint density at radius 3 is 2.79 bits per heavy atom. The van der Waals surface area contributed by atoms with Crippen molar-refractivity contribution in [2.24, 2.45) is 0 Å². The maximum absolute atomic E-state index is 5.76. The fourth-order valence-electron chi connectivity index (χ4n) is 1.89. The number of rotatable bonds is 7. The lowest BCUT2D eigenvalue weighted by molar-refractivity contribution is 0.267. The third kappa shape index (κ3) is 3.79. The second-order valence-corrected chi connectivity index (χ2v) is 4.31. The van der Waals surface area contributed by atoms with E-state index in [2.05, 4.69) is 22.3 Å². The number of hydrogen-bond acceptors (Lipinski definition) is 4. The fraction of sp³-hybridized carbons (Fsp3) is 0.429. The lowest BCUT2D eigenvalue weighted by Gasteiger charge is -2.16. The van der Waals surface area contributed by atoms with Gasteiger partial charge >= 0.3 is 0 Å². The average molecular weight is 260 g/mol. The molecule has 1 atom stereocenters. The van der Waals surface area contributed by atoms with E-state index < -0.39 is 0 Å². The summed E-state index contributed by atoms with van der Waals surface area (Å²) < 4.78 is 7.67. The highest BCUT2D eigenvalue weighted by Gasteiger charge is 2.12. The van der Waals surface area contributed by atoms with E-state index in [4.69, 9.17) is 4.74 Å². The van der Waals surface area contributed by atoms with Crippen molar-refractivity contribution >= 4 is 0 Å². The predicted octanol–water partition coefficient (Wildman–Crippen LogP) is 1.51. The Hall–Kier alpha value is -1.88. The number of nitrogens with one attached hydrogen (secondary N) is 1. The van der Waals surface area contributed by atoms with Crippen molar-refractivity contribution in [3.63, 3.8) is 0 Å². The van der Waals surface area contributed by atoms with Crippen molar-refractivity contribution in [3.05, 3.63) is 42.5 Å². The minimum atomic E-state index is 0.217. The first-order valence-electron chi connectivity index (χ1n) is 6.55. The lowest BCUT2D eigenvalue weighted by Crippen LogP contribution is -2.34. The summed E-state index contributed by atoms with van der Waals surface area (Å²) in [7, 11) is 1.94. The van der Waals surface area contributed by atoms with Gasteiger partial charge in [0.1, 0.15) is 24.5 Å². The van der Waals surface area contributed by atoms with Crippen molar-refractivity contribution in [1.82, 2.24) is 20.1 Å². The van der Waals surface area contributed by atoms with Gasteiger partial charge in [0.05, 0.1) is 0 Å². The number of para-hydroxylation sites is 1. The molecular weight excluding hydrogens is 240 g/mol. The molecule has 0 aliphatic heterocycles. The molecule has 0 saturated carbocycles. The molecule has 5 nitrogen and oxygen atoms in total.